The van der Waals surface area contributed by atoms with Gasteiger partial charge in [-0.05, 0) is 35.7 Å². The summed E-state index contributed by atoms with van der Waals surface area (Å²) >= 11 is 0. The summed E-state index contributed by atoms with van der Waals surface area (Å²) in [5.74, 6) is -0.719. The van der Waals surface area contributed by atoms with Gasteiger partial charge in [-0.25, -0.2) is 0 Å². The van der Waals surface area contributed by atoms with Gasteiger partial charge in [-0.15, -0.1) is 0 Å². The summed E-state index contributed by atoms with van der Waals surface area (Å²) in [6, 6.07) is 21.2. The number of hydroxylamine groups is 2. The van der Waals surface area contributed by atoms with Crippen LogP contribution in [-0.4, -0.2) is 74.7 Å². The van der Waals surface area contributed by atoms with Crippen molar-refractivity contribution in [3.63, 3.8) is 0 Å². The first-order valence-electron chi connectivity index (χ1n) is 12.9. The smallest absolute Gasteiger partial charge is 0.261 e. The van der Waals surface area contributed by atoms with E-state index in [1.807, 2.05) is 31.0 Å². The molecule has 7 nitrogen and oxygen atoms in total. The van der Waals surface area contributed by atoms with Gasteiger partial charge in [0.25, 0.3) is 8.32 Å². The van der Waals surface area contributed by atoms with E-state index in [1.54, 1.807) is 0 Å². The zero-order valence-electron chi connectivity index (χ0n) is 21.9. The third-order valence-electron chi connectivity index (χ3n) is 7.45. The van der Waals surface area contributed by atoms with Crippen molar-refractivity contribution in [2.45, 2.75) is 82.5 Å². The van der Waals surface area contributed by atoms with E-state index in [2.05, 4.69) is 69.3 Å². The highest BCUT2D eigenvalue weighted by molar-refractivity contribution is 6.99. The van der Waals surface area contributed by atoms with Crippen molar-refractivity contribution in [2.24, 2.45) is 0 Å². The second-order valence-corrected chi connectivity index (χ2v) is 15.7. The molecule has 1 N–H and O–H groups in total. The lowest BCUT2D eigenvalue weighted by molar-refractivity contribution is -0.277. The van der Waals surface area contributed by atoms with E-state index < -0.39 is 20.3 Å². The lowest BCUT2D eigenvalue weighted by atomic mass is 10.1. The summed E-state index contributed by atoms with van der Waals surface area (Å²) < 4.78 is 26.3. The molecule has 0 unspecified atom stereocenters. The largest absolute Gasteiger partial charge is 0.405 e. The van der Waals surface area contributed by atoms with E-state index >= 15 is 0 Å². The molecule has 3 aliphatic heterocycles. The van der Waals surface area contributed by atoms with E-state index in [-0.39, 0.29) is 36.1 Å². The van der Waals surface area contributed by atoms with Gasteiger partial charge in [0, 0.05) is 6.54 Å². The Kier molecular flexibility index (Phi) is 7.17. The van der Waals surface area contributed by atoms with E-state index in [4.69, 9.17) is 23.5 Å². The van der Waals surface area contributed by atoms with Gasteiger partial charge in [-0.3, -0.25) is 4.84 Å². The van der Waals surface area contributed by atoms with Crippen LogP contribution in [0.5, 0.6) is 0 Å². The predicted molar refractivity (Wildman–Crippen MR) is 139 cm³/mol. The van der Waals surface area contributed by atoms with Crippen molar-refractivity contribution in [1.82, 2.24) is 5.06 Å². The van der Waals surface area contributed by atoms with Crippen LogP contribution < -0.4 is 10.4 Å². The number of benzene rings is 2. The van der Waals surface area contributed by atoms with Gasteiger partial charge in [0.05, 0.1) is 13.2 Å². The number of aliphatic hydroxyl groups excluding tert-OH is 1. The predicted octanol–water partition coefficient (Wildman–Crippen LogP) is 2.81. The van der Waals surface area contributed by atoms with Gasteiger partial charge in [-0.1, -0.05) is 81.4 Å². The highest BCUT2D eigenvalue weighted by Crippen LogP contribution is 2.42. The van der Waals surface area contributed by atoms with Crippen LogP contribution in [0.3, 0.4) is 0 Å². The van der Waals surface area contributed by atoms with Gasteiger partial charge in [0.1, 0.15) is 24.4 Å². The highest BCUT2D eigenvalue weighted by Gasteiger charge is 2.59. The second-order valence-electron chi connectivity index (χ2n) is 11.4. The number of hydrogen-bond donors (Lipinski definition) is 1. The van der Waals surface area contributed by atoms with Crippen molar-refractivity contribution in [3.05, 3.63) is 60.7 Å². The number of nitrogens with zero attached hydrogens (tertiary/aromatic N) is 1. The van der Waals surface area contributed by atoms with E-state index in [0.29, 0.717) is 13.2 Å². The summed E-state index contributed by atoms with van der Waals surface area (Å²) in [7, 11) is -2.72. The summed E-state index contributed by atoms with van der Waals surface area (Å²) in [6.07, 6.45) is -0.775. The Labute approximate surface area is 215 Å². The van der Waals surface area contributed by atoms with Gasteiger partial charge < -0.3 is 23.7 Å². The SMILES string of the molecule is CC1(C)O[C@@H]2[C@H](O1)[C@H](N1CC[C@@H](CO)O1)O[C@@H]2CO[Si](c1ccccc1)(c1ccccc1)C(C)(C)C. The molecule has 3 aliphatic rings. The van der Waals surface area contributed by atoms with Crippen LogP contribution in [0.2, 0.25) is 5.04 Å². The fourth-order valence-corrected chi connectivity index (χ4v) is 10.4. The quantitative estimate of drug-likeness (QED) is 0.571. The number of ether oxygens (including phenoxy) is 3. The fourth-order valence-electron chi connectivity index (χ4n) is 5.87. The minimum Gasteiger partial charge on any atom is -0.405 e. The summed E-state index contributed by atoms with van der Waals surface area (Å²) in [6.45, 7) is 11.7. The van der Waals surface area contributed by atoms with Crippen LogP contribution in [0.15, 0.2) is 60.7 Å². The first-order valence-corrected chi connectivity index (χ1v) is 14.9. The van der Waals surface area contributed by atoms with Gasteiger partial charge in [0.15, 0.2) is 12.0 Å². The maximum absolute atomic E-state index is 9.55. The Bertz CT molecular complexity index is 974. The minimum atomic E-state index is -2.72. The molecule has 0 aromatic heterocycles. The maximum atomic E-state index is 9.55. The van der Waals surface area contributed by atoms with Crippen LogP contribution in [-0.2, 0) is 23.5 Å². The number of aliphatic hydroxyl groups is 1. The summed E-state index contributed by atoms with van der Waals surface area (Å²) in [5, 5.41) is 13.7. The molecule has 2 aromatic rings. The first kappa shape index (κ1) is 26.0. The standard InChI is InChI=1S/C28H39NO6Si/c1-27(2,3)36(21-12-8-6-9-13-21,22-14-10-7-11-15-22)31-19-23-24-25(34-28(4,5)33-24)26(32-23)29-17-16-20(18-30)35-29/h6-15,20,23-26,30H,16-19H2,1-5H3/t20-,23+,24-,25-,26+/m0/s1. The van der Waals surface area contributed by atoms with Gasteiger partial charge in [0.2, 0.25) is 0 Å². The molecule has 0 amide bonds. The Balaban J connectivity index is 1.45. The van der Waals surface area contributed by atoms with Crippen molar-refractivity contribution in [2.75, 3.05) is 19.8 Å². The Morgan fingerprint density at radius 1 is 0.972 bits per heavy atom. The molecule has 2 aromatic carbocycles. The molecule has 0 bridgehead atoms. The number of hydrogen-bond acceptors (Lipinski definition) is 7. The molecule has 5 rings (SSSR count). The number of fused-ring (bicyclic) bond motifs is 1. The molecule has 0 aliphatic carbocycles. The third kappa shape index (κ3) is 4.70. The lowest BCUT2D eigenvalue weighted by Gasteiger charge is -2.43. The Hall–Kier alpha value is -1.62. The zero-order valence-corrected chi connectivity index (χ0v) is 22.9. The number of rotatable bonds is 7. The van der Waals surface area contributed by atoms with Crippen molar-refractivity contribution in [3.8, 4) is 0 Å². The van der Waals surface area contributed by atoms with Crippen LogP contribution in [0.25, 0.3) is 0 Å². The van der Waals surface area contributed by atoms with Gasteiger partial charge in [-0.2, -0.15) is 5.06 Å². The highest BCUT2D eigenvalue weighted by atomic mass is 28.4. The summed E-state index contributed by atoms with van der Waals surface area (Å²) in [4.78, 5) is 5.95. The zero-order chi connectivity index (χ0) is 25.6. The molecule has 0 saturated carbocycles. The van der Waals surface area contributed by atoms with Crippen LogP contribution >= 0.6 is 0 Å². The first-order chi connectivity index (χ1) is 17.1. The molecule has 36 heavy (non-hydrogen) atoms. The molecule has 0 radical (unpaired) electrons. The summed E-state index contributed by atoms with van der Waals surface area (Å²) in [5.41, 5.74) is 0. The minimum absolute atomic E-state index is 0.0133. The van der Waals surface area contributed by atoms with Crippen molar-refractivity contribution < 1.29 is 28.6 Å². The monoisotopic (exact) mass is 513 g/mol. The van der Waals surface area contributed by atoms with Crippen molar-refractivity contribution in [1.29, 1.82) is 0 Å². The van der Waals surface area contributed by atoms with E-state index in [0.717, 1.165) is 6.42 Å². The fraction of sp³-hybridized carbons (Fsp3) is 0.571. The second kappa shape index (κ2) is 9.92. The average Bonchev–Trinajstić information content (AvgIpc) is 3.53. The van der Waals surface area contributed by atoms with Crippen LogP contribution in [0, 0.1) is 0 Å². The molecular weight excluding hydrogens is 474 g/mol. The Morgan fingerprint density at radius 2 is 1.56 bits per heavy atom. The molecule has 5 atom stereocenters. The molecule has 196 valence electrons. The van der Waals surface area contributed by atoms with Crippen LogP contribution in [0.4, 0.5) is 0 Å². The molecule has 8 heteroatoms. The molecule has 0 spiro atoms. The van der Waals surface area contributed by atoms with Gasteiger partial charge >= 0.3 is 0 Å². The van der Waals surface area contributed by atoms with Crippen LogP contribution in [0.1, 0.15) is 41.0 Å². The lowest BCUT2D eigenvalue weighted by Crippen LogP contribution is -2.67. The topological polar surface area (TPSA) is 69.6 Å². The average molecular weight is 514 g/mol. The van der Waals surface area contributed by atoms with Crippen molar-refractivity contribution >= 4 is 18.7 Å². The van der Waals surface area contributed by atoms with E-state index in [9.17, 15) is 5.11 Å². The third-order valence-corrected chi connectivity index (χ3v) is 12.5. The maximum Gasteiger partial charge on any atom is 0.261 e. The molecule has 3 fully saturated rings. The Morgan fingerprint density at radius 3 is 2.08 bits per heavy atom. The molecule has 3 saturated heterocycles. The van der Waals surface area contributed by atoms with E-state index in [1.165, 1.54) is 10.4 Å². The normalized spacial score (nSPS) is 30.6. The molecular formula is C28H39NO6Si. The molecule has 3 heterocycles.